The predicted octanol–water partition coefficient (Wildman–Crippen LogP) is 4.35. The maximum absolute atomic E-state index is 12.0. The minimum atomic E-state index is -0.339. The zero-order valence-corrected chi connectivity index (χ0v) is 14.5. The first-order chi connectivity index (χ1) is 13.2. The van der Waals surface area contributed by atoms with Gasteiger partial charge < -0.3 is 20.7 Å². The van der Waals surface area contributed by atoms with Crippen molar-refractivity contribution in [2.45, 2.75) is 0 Å². The highest BCUT2D eigenvalue weighted by Gasteiger charge is 2.05. The molecule has 0 atom stereocenters. The lowest BCUT2D eigenvalue weighted by molar-refractivity contribution is -0.118. The molecule has 6 heteroatoms. The maximum Gasteiger partial charge on any atom is 0.323 e. The van der Waals surface area contributed by atoms with E-state index in [1.807, 2.05) is 36.4 Å². The summed E-state index contributed by atoms with van der Waals surface area (Å²) in [4.78, 5) is 23.9. The van der Waals surface area contributed by atoms with Crippen LogP contribution in [-0.4, -0.2) is 18.5 Å². The molecule has 3 aromatic carbocycles. The van der Waals surface area contributed by atoms with E-state index in [1.165, 1.54) is 0 Å². The van der Waals surface area contributed by atoms with Gasteiger partial charge in [0, 0.05) is 17.1 Å². The summed E-state index contributed by atoms with van der Waals surface area (Å²) in [6.07, 6.45) is 0. The first-order valence-corrected chi connectivity index (χ1v) is 8.40. The number of ether oxygens (including phenoxy) is 1. The monoisotopic (exact) mass is 361 g/mol. The van der Waals surface area contributed by atoms with Crippen molar-refractivity contribution >= 4 is 29.0 Å². The highest BCUT2D eigenvalue weighted by molar-refractivity contribution is 6.00. The summed E-state index contributed by atoms with van der Waals surface area (Å²) in [6.45, 7) is -0.0799. The molecule has 0 aliphatic heterocycles. The molecule has 136 valence electrons. The Kier molecular flexibility index (Phi) is 6.04. The van der Waals surface area contributed by atoms with Gasteiger partial charge in [0.25, 0.3) is 5.91 Å². The van der Waals surface area contributed by atoms with Crippen LogP contribution in [0.15, 0.2) is 84.9 Å². The first-order valence-electron chi connectivity index (χ1n) is 8.40. The molecule has 0 aromatic heterocycles. The van der Waals surface area contributed by atoms with Gasteiger partial charge in [-0.05, 0) is 48.5 Å². The molecule has 0 aliphatic rings. The summed E-state index contributed by atoms with van der Waals surface area (Å²) in [7, 11) is 0. The van der Waals surface area contributed by atoms with Crippen molar-refractivity contribution in [1.29, 1.82) is 0 Å². The van der Waals surface area contributed by atoms with E-state index in [2.05, 4.69) is 16.0 Å². The van der Waals surface area contributed by atoms with E-state index in [1.54, 1.807) is 48.5 Å². The van der Waals surface area contributed by atoms with E-state index in [9.17, 15) is 9.59 Å². The Bertz CT molecular complexity index is 882. The molecule has 0 bridgehead atoms. The summed E-state index contributed by atoms with van der Waals surface area (Å²) < 4.78 is 5.40. The van der Waals surface area contributed by atoms with Crippen LogP contribution in [0.4, 0.5) is 21.9 Å². The number of amides is 3. The second-order valence-corrected chi connectivity index (χ2v) is 5.67. The number of hydrogen-bond acceptors (Lipinski definition) is 3. The van der Waals surface area contributed by atoms with Crippen molar-refractivity contribution < 1.29 is 14.3 Å². The number of nitrogens with one attached hydrogen (secondary N) is 3. The zero-order valence-electron chi connectivity index (χ0n) is 14.5. The van der Waals surface area contributed by atoms with Gasteiger partial charge in [0.1, 0.15) is 5.75 Å². The third-order valence-electron chi connectivity index (χ3n) is 3.57. The molecule has 27 heavy (non-hydrogen) atoms. The number of benzene rings is 3. The highest BCUT2D eigenvalue weighted by Crippen LogP contribution is 2.15. The Morgan fingerprint density at radius 2 is 1.11 bits per heavy atom. The van der Waals surface area contributed by atoms with Gasteiger partial charge in [-0.3, -0.25) is 4.79 Å². The fourth-order valence-corrected chi connectivity index (χ4v) is 2.31. The highest BCUT2D eigenvalue weighted by atomic mass is 16.5. The van der Waals surface area contributed by atoms with Crippen LogP contribution in [-0.2, 0) is 4.79 Å². The molecular formula is C21H19N3O3. The topological polar surface area (TPSA) is 79.5 Å². The average molecular weight is 361 g/mol. The molecule has 3 amide bonds. The third-order valence-corrected chi connectivity index (χ3v) is 3.57. The lowest BCUT2D eigenvalue weighted by Crippen LogP contribution is -2.20. The van der Waals surface area contributed by atoms with Crippen LogP contribution in [0.25, 0.3) is 0 Å². The lowest BCUT2D eigenvalue weighted by Gasteiger charge is -2.10. The predicted molar refractivity (Wildman–Crippen MR) is 106 cm³/mol. The summed E-state index contributed by atoms with van der Waals surface area (Å²) >= 11 is 0. The number of rotatable bonds is 6. The van der Waals surface area contributed by atoms with Crippen molar-refractivity contribution in [2.75, 3.05) is 22.6 Å². The smallest absolute Gasteiger partial charge is 0.323 e. The fourth-order valence-electron chi connectivity index (χ4n) is 2.31. The molecule has 3 aromatic rings. The van der Waals surface area contributed by atoms with Crippen molar-refractivity contribution in [2.24, 2.45) is 0 Å². The third kappa shape index (κ3) is 5.89. The van der Waals surface area contributed by atoms with Crippen LogP contribution in [0.2, 0.25) is 0 Å². The number of urea groups is 1. The molecule has 0 spiro atoms. The van der Waals surface area contributed by atoms with Crippen molar-refractivity contribution in [3.63, 3.8) is 0 Å². The molecule has 0 saturated carbocycles. The molecular weight excluding hydrogens is 342 g/mol. The maximum atomic E-state index is 12.0. The summed E-state index contributed by atoms with van der Waals surface area (Å²) in [5.41, 5.74) is 1.94. The standard InChI is InChI=1S/C21H19N3O3/c25-20(15-27-19-9-5-2-6-10-19)22-17-11-13-18(14-12-17)24-21(26)23-16-7-3-1-4-8-16/h1-14H,15H2,(H,22,25)(H2,23,24,26). The van der Waals surface area contributed by atoms with E-state index >= 15 is 0 Å². The van der Waals surface area contributed by atoms with Gasteiger partial charge in [0.15, 0.2) is 6.61 Å². The van der Waals surface area contributed by atoms with Gasteiger partial charge in [0.05, 0.1) is 0 Å². The van der Waals surface area contributed by atoms with Gasteiger partial charge in [-0.25, -0.2) is 4.79 Å². The number of carbonyl (C=O) groups excluding carboxylic acids is 2. The normalized spacial score (nSPS) is 9.93. The molecule has 0 saturated heterocycles. The molecule has 0 unspecified atom stereocenters. The number of hydrogen-bond donors (Lipinski definition) is 3. The van der Waals surface area contributed by atoms with E-state index in [-0.39, 0.29) is 18.5 Å². The molecule has 3 rings (SSSR count). The molecule has 3 N–H and O–H groups in total. The Labute approximate surface area is 157 Å². The molecule has 0 fully saturated rings. The lowest BCUT2D eigenvalue weighted by atomic mass is 10.2. The minimum Gasteiger partial charge on any atom is -0.484 e. The van der Waals surface area contributed by atoms with Crippen LogP contribution in [0.1, 0.15) is 0 Å². The van der Waals surface area contributed by atoms with Gasteiger partial charge in [-0.2, -0.15) is 0 Å². The van der Waals surface area contributed by atoms with Crippen LogP contribution in [0.3, 0.4) is 0 Å². The molecule has 0 aliphatic carbocycles. The van der Waals surface area contributed by atoms with Crippen molar-refractivity contribution in [3.8, 4) is 5.75 Å². The Hall–Kier alpha value is -3.80. The van der Waals surface area contributed by atoms with Crippen LogP contribution in [0, 0.1) is 0 Å². The SMILES string of the molecule is O=C(COc1ccccc1)Nc1ccc(NC(=O)Nc2ccccc2)cc1. The van der Waals surface area contributed by atoms with Gasteiger partial charge in [-0.15, -0.1) is 0 Å². The van der Waals surface area contributed by atoms with E-state index < -0.39 is 0 Å². The Morgan fingerprint density at radius 3 is 1.70 bits per heavy atom. The second-order valence-electron chi connectivity index (χ2n) is 5.67. The fraction of sp³-hybridized carbons (Fsp3) is 0.0476. The summed E-state index contributed by atoms with van der Waals surface area (Å²) in [6, 6.07) is 24.8. The first kappa shape index (κ1) is 18.0. The number of para-hydroxylation sites is 2. The Morgan fingerprint density at radius 1 is 0.630 bits per heavy atom. The largest absolute Gasteiger partial charge is 0.484 e. The van der Waals surface area contributed by atoms with Gasteiger partial charge in [0.2, 0.25) is 0 Å². The Balaban J connectivity index is 1.46. The average Bonchev–Trinajstić information content (AvgIpc) is 2.69. The van der Waals surface area contributed by atoms with Crippen LogP contribution >= 0.6 is 0 Å². The van der Waals surface area contributed by atoms with E-state index in [4.69, 9.17) is 4.74 Å². The van der Waals surface area contributed by atoms with Gasteiger partial charge >= 0.3 is 6.03 Å². The number of carbonyl (C=O) groups is 2. The van der Waals surface area contributed by atoms with Crippen LogP contribution < -0.4 is 20.7 Å². The minimum absolute atomic E-state index is 0.0799. The van der Waals surface area contributed by atoms with Crippen LogP contribution in [0.5, 0.6) is 5.75 Å². The molecule has 0 heterocycles. The van der Waals surface area contributed by atoms with E-state index in [0.717, 1.165) is 0 Å². The van der Waals surface area contributed by atoms with Gasteiger partial charge in [-0.1, -0.05) is 36.4 Å². The molecule has 0 radical (unpaired) electrons. The quantitative estimate of drug-likeness (QED) is 0.611. The van der Waals surface area contributed by atoms with Crippen molar-refractivity contribution in [1.82, 2.24) is 0 Å². The second kappa shape index (κ2) is 9.05. The zero-order chi connectivity index (χ0) is 18.9. The summed E-state index contributed by atoms with van der Waals surface area (Å²) in [5.74, 6) is 0.373. The summed E-state index contributed by atoms with van der Waals surface area (Å²) in [5, 5.41) is 8.20. The number of anilines is 3. The van der Waals surface area contributed by atoms with Crippen molar-refractivity contribution in [3.05, 3.63) is 84.9 Å². The van der Waals surface area contributed by atoms with E-state index in [0.29, 0.717) is 22.8 Å². The molecule has 6 nitrogen and oxygen atoms in total.